The Hall–Kier alpha value is -4.17. The summed E-state index contributed by atoms with van der Waals surface area (Å²) in [5.41, 5.74) is 1.51. The van der Waals surface area contributed by atoms with E-state index in [2.05, 4.69) is 15.9 Å². The second-order valence-corrected chi connectivity index (χ2v) is 9.69. The van der Waals surface area contributed by atoms with Crippen LogP contribution >= 0.6 is 15.9 Å². The molecule has 8 heteroatoms. The van der Waals surface area contributed by atoms with Gasteiger partial charge in [0.2, 0.25) is 0 Å². The number of hydrogen-bond donors (Lipinski definition) is 0. The van der Waals surface area contributed by atoms with Crippen LogP contribution in [0.4, 0.5) is 0 Å². The molecule has 1 amide bonds. The van der Waals surface area contributed by atoms with E-state index in [4.69, 9.17) is 14.1 Å². The summed E-state index contributed by atoms with van der Waals surface area (Å²) in [6.07, 6.45) is 2.09. The molecule has 192 valence electrons. The molecule has 38 heavy (non-hydrogen) atoms. The van der Waals surface area contributed by atoms with E-state index in [-0.39, 0.29) is 18.0 Å². The van der Waals surface area contributed by atoms with Gasteiger partial charge in [0.15, 0.2) is 0 Å². The van der Waals surface area contributed by atoms with E-state index in [0.29, 0.717) is 45.9 Å². The molecule has 0 N–H and O–H groups in total. The number of aromatic nitrogens is 2. The van der Waals surface area contributed by atoms with Gasteiger partial charge in [0.25, 0.3) is 11.5 Å². The first-order chi connectivity index (χ1) is 18.5. The number of para-hydroxylation sites is 1. The Morgan fingerprint density at radius 3 is 2.55 bits per heavy atom. The minimum absolute atomic E-state index is 0.196. The number of methoxy groups -OCH3 is 1. The zero-order valence-corrected chi connectivity index (χ0v) is 22.6. The lowest BCUT2D eigenvalue weighted by molar-refractivity contribution is 0.0623. The van der Waals surface area contributed by atoms with Crippen LogP contribution in [0.1, 0.15) is 41.3 Å². The zero-order chi connectivity index (χ0) is 26.6. The zero-order valence-electron chi connectivity index (χ0n) is 21.0. The molecule has 2 aromatic heterocycles. The van der Waals surface area contributed by atoms with E-state index >= 15 is 0 Å². The molecule has 0 aliphatic rings. The van der Waals surface area contributed by atoms with E-state index in [0.717, 1.165) is 4.47 Å². The number of furan rings is 1. The minimum Gasteiger partial charge on any atom is -0.497 e. The molecule has 2 heterocycles. The number of amides is 1. The molecule has 1 atom stereocenters. The van der Waals surface area contributed by atoms with Crippen molar-refractivity contribution in [3.8, 4) is 11.4 Å². The number of carbonyl (C=O) groups excluding carboxylic acids is 1. The first-order valence-corrected chi connectivity index (χ1v) is 13.0. The van der Waals surface area contributed by atoms with E-state index < -0.39 is 6.04 Å². The van der Waals surface area contributed by atoms with Gasteiger partial charge in [-0.2, -0.15) is 0 Å². The van der Waals surface area contributed by atoms with Crippen LogP contribution in [-0.4, -0.2) is 27.5 Å². The van der Waals surface area contributed by atoms with Crippen LogP contribution in [0.25, 0.3) is 16.6 Å². The molecule has 0 saturated heterocycles. The third kappa shape index (κ3) is 4.99. The molecule has 0 saturated carbocycles. The lowest BCUT2D eigenvalue weighted by atomic mass is 10.1. The summed E-state index contributed by atoms with van der Waals surface area (Å²) in [5.74, 6) is 1.45. The fourth-order valence-electron chi connectivity index (χ4n) is 4.57. The second-order valence-electron chi connectivity index (χ2n) is 8.77. The molecule has 3 aromatic carbocycles. The highest BCUT2D eigenvalue weighted by molar-refractivity contribution is 9.10. The maximum Gasteiger partial charge on any atom is 0.266 e. The van der Waals surface area contributed by atoms with Crippen LogP contribution in [-0.2, 0) is 6.54 Å². The van der Waals surface area contributed by atoms with Crippen LogP contribution in [0.3, 0.4) is 0 Å². The Morgan fingerprint density at radius 1 is 1.05 bits per heavy atom. The highest BCUT2D eigenvalue weighted by atomic mass is 79.9. The van der Waals surface area contributed by atoms with Gasteiger partial charge in [-0.05, 0) is 73.2 Å². The number of fused-ring (bicyclic) bond motifs is 1. The van der Waals surface area contributed by atoms with Gasteiger partial charge >= 0.3 is 0 Å². The van der Waals surface area contributed by atoms with Gasteiger partial charge in [-0.1, -0.05) is 41.1 Å². The van der Waals surface area contributed by atoms with Crippen molar-refractivity contribution in [1.82, 2.24) is 14.5 Å². The van der Waals surface area contributed by atoms with Crippen molar-refractivity contribution in [3.05, 3.63) is 123 Å². The maximum absolute atomic E-state index is 14.1. The minimum atomic E-state index is -0.542. The fraction of sp³-hybridized carbons (Fsp3) is 0.167. The number of carbonyl (C=O) groups is 1. The Kier molecular flexibility index (Phi) is 7.42. The summed E-state index contributed by atoms with van der Waals surface area (Å²) in [5, 5.41) is 0.505. The first kappa shape index (κ1) is 25.5. The van der Waals surface area contributed by atoms with Crippen molar-refractivity contribution in [2.45, 2.75) is 25.9 Å². The fourth-order valence-corrected chi connectivity index (χ4v) is 4.84. The molecule has 0 spiro atoms. The summed E-state index contributed by atoms with van der Waals surface area (Å²) < 4.78 is 13.5. The highest BCUT2D eigenvalue weighted by Crippen LogP contribution is 2.30. The Labute approximate surface area is 228 Å². The molecule has 0 bridgehead atoms. The van der Waals surface area contributed by atoms with Gasteiger partial charge in [-0.25, -0.2) is 4.98 Å². The van der Waals surface area contributed by atoms with Crippen LogP contribution < -0.4 is 10.3 Å². The van der Waals surface area contributed by atoms with Crippen molar-refractivity contribution < 1.29 is 13.9 Å². The summed E-state index contributed by atoms with van der Waals surface area (Å²) in [7, 11) is 1.56. The van der Waals surface area contributed by atoms with Gasteiger partial charge < -0.3 is 14.1 Å². The molecule has 0 aliphatic carbocycles. The standard InChI is InChI=1S/C30H26BrN3O4/c1-3-27(33(19-24-10-7-17-38-24)29(35)20-8-6-9-23(18-20)37-2)28-32-26-12-5-4-11-25(26)30(36)34(28)22-15-13-21(31)14-16-22/h4-18,27H,3,19H2,1-2H3. The summed E-state index contributed by atoms with van der Waals surface area (Å²) in [4.78, 5) is 34.6. The van der Waals surface area contributed by atoms with E-state index in [1.54, 1.807) is 59.2 Å². The predicted molar refractivity (Wildman–Crippen MR) is 150 cm³/mol. The highest BCUT2D eigenvalue weighted by Gasteiger charge is 2.31. The summed E-state index contributed by atoms with van der Waals surface area (Å²) in [6.45, 7) is 2.18. The topological polar surface area (TPSA) is 77.6 Å². The molecule has 1 unspecified atom stereocenters. The maximum atomic E-state index is 14.1. The van der Waals surface area contributed by atoms with Gasteiger partial charge in [0, 0.05) is 10.0 Å². The predicted octanol–water partition coefficient (Wildman–Crippen LogP) is 6.54. The Balaban J connectivity index is 1.72. The SMILES string of the molecule is CCC(c1nc2ccccc2c(=O)n1-c1ccc(Br)cc1)N(Cc1ccco1)C(=O)c1cccc(OC)c1. The third-order valence-corrected chi connectivity index (χ3v) is 6.96. The Morgan fingerprint density at radius 2 is 1.84 bits per heavy atom. The van der Waals surface area contributed by atoms with Crippen LogP contribution in [0.5, 0.6) is 5.75 Å². The molecule has 0 fully saturated rings. The smallest absolute Gasteiger partial charge is 0.266 e. The quantitative estimate of drug-likeness (QED) is 0.211. The van der Waals surface area contributed by atoms with Crippen molar-refractivity contribution in [3.63, 3.8) is 0 Å². The van der Waals surface area contributed by atoms with Crippen molar-refractivity contribution >= 4 is 32.7 Å². The van der Waals surface area contributed by atoms with Gasteiger partial charge in [-0.3, -0.25) is 14.2 Å². The van der Waals surface area contributed by atoms with Crippen LogP contribution in [0, 0.1) is 0 Å². The molecule has 7 nitrogen and oxygen atoms in total. The number of rotatable bonds is 8. The lowest BCUT2D eigenvalue weighted by Gasteiger charge is -2.32. The summed E-state index contributed by atoms with van der Waals surface area (Å²) >= 11 is 3.47. The molecule has 0 radical (unpaired) electrons. The number of nitrogens with zero attached hydrogens (tertiary/aromatic N) is 3. The van der Waals surface area contributed by atoms with Crippen molar-refractivity contribution in [2.24, 2.45) is 0 Å². The number of hydrogen-bond acceptors (Lipinski definition) is 5. The monoisotopic (exact) mass is 571 g/mol. The normalized spacial score (nSPS) is 11.9. The molecule has 5 rings (SSSR count). The van der Waals surface area contributed by atoms with Gasteiger partial charge in [-0.15, -0.1) is 0 Å². The molecular weight excluding hydrogens is 546 g/mol. The van der Waals surface area contributed by atoms with Crippen LogP contribution in [0.2, 0.25) is 0 Å². The van der Waals surface area contributed by atoms with E-state index in [9.17, 15) is 9.59 Å². The molecule has 5 aromatic rings. The lowest BCUT2D eigenvalue weighted by Crippen LogP contribution is -2.38. The van der Waals surface area contributed by atoms with Gasteiger partial charge in [0.05, 0.1) is 42.5 Å². The average Bonchev–Trinajstić information content (AvgIpc) is 3.47. The van der Waals surface area contributed by atoms with Crippen molar-refractivity contribution in [1.29, 1.82) is 0 Å². The largest absolute Gasteiger partial charge is 0.497 e. The number of halogens is 1. The van der Waals surface area contributed by atoms with Crippen molar-refractivity contribution in [2.75, 3.05) is 7.11 Å². The summed E-state index contributed by atoms with van der Waals surface area (Å²) in [6, 6.07) is 24.9. The van der Waals surface area contributed by atoms with E-state index in [1.165, 1.54) is 0 Å². The first-order valence-electron chi connectivity index (χ1n) is 12.2. The Bertz CT molecular complexity index is 1630. The molecule has 0 aliphatic heterocycles. The van der Waals surface area contributed by atoms with Gasteiger partial charge in [0.1, 0.15) is 17.3 Å². The van der Waals surface area contributed by atoms with Crippen LogP contribution in [0.15, 0.2) is 105 Å². The molecular formula is C30H26BrN3O4. The average molecular weight is 572 g/mol. The van der Waals surface area contributed by atoms with E-state index in [1.807, 2.05) is 55.5 Å². The second kappa shape index (κ2) is 11.1. The third-order valence-electron chi connectivity index (χ3n) is 6.43. The number of benzene rings is 3. The number of ether oxygens (including phenoxy) is 1.